The van der Waals surface area contributed by atoms with Crippen molar-refractivity contribution in [1.29, 1.82) is 0 Å². The summed E-state index contributed by atoms with van der Waals surface area (Å²) in [5, 5.41) is 6.09. The minimum absolute atomic E-state index is 0.134. The highest BCUT2D eigenvalue weighted by atomic mass is 19.4. The molecular formula is C20H18F3N3O3. The summed E-state index contributed by atoms with van der Waals surface area (Å²) >= 11 is 0. The van der Waals surface area contributed by atoms with Crippen LogP contribution in [0.3, 0.4) is 0 Å². The molecule has 3 rings (SSSR count). The zero-order valence-corrected chi connectivity index (χ0v) is 15.7. The standard InChI is InChI=1S/C20H18F3N3O3/c1-28-16-9-8-13(10-17(16)29-2)15-11-26(14-6-4-3-5-7-14)25-18(15)19(27)24-12-20(21,22)23/h3-11H,12H2,1-2H3,(H,24,27). The Bertz CT molecular complexity index is 1000. The number of aromatic nitrogens is 2. The maximum absolute atomic E-state index is 12.5. The number of ether oxygens (including phenoxy) is 2. The number of carbonyl (C=O) groups is 1. The van der Waals surface area contributed by atoms with Crippen LogP contribution in [0.1, 0.15) is 10.5 Å². The third-order valence-electron chi connectivity index (χ3n) is 4.09. The average Bonchev–Trinajstić information content (AvgIpc) is 3.17. The van der Waals surface area contributed by atoms with E-state index in [1.54, 1.807) is 48.7 Å². The van der Waals surface area contributed by atoms with Gasteiger partial charge >= 0.3 is 6.18 Å². The lowest BCUT2D eigenvalue weighted by Gasteiger charge is -2.10. The van der Waals surface area contributed by atoms with Gasteiger partial charge in [-0.2, -0.15) is 18.3 Å². The van der Waals surface area contributed by atoms with Crippen LogP contribution in [0.4, 0.5) is 13.2 Å². The average molecular weight is 405 g/mol. The van der Waals surface area contributed by atoms with E-state index >= 15 is 0 Å². The number of alkyl halides is 3. The van der Waals surface area contributed by atoms with Crippen LogP contribution in [0, 0.1) is 0 Å². The Labute approximate surface area is 164 Å². The van der Waals surface area contributed by atoms with Gasteiger partial charge in [-0.05, 0) is 29.8 Å². The van der Waals surface area contributed by atoms with Crippen LogP contribution < -0.4 is 14.8 Å². The number of benzene rings is 2. The maximum atomic E-state index is 12.5. The first-order valence-corrected chi connectivity index (χ1v) is 8.55. The van der Waals surface area contributed by atoms with Crippen molar-refractivity contribution in [2.75, 3.05) is 20.8 Å². The van der Waals surface area contributed by atoms with Gasteiger partial charge in [0.25, 0.3) is 5.91 Å². The normalized spacial score (nSPS) is 11.2. The lowest BCUT2D eigenvalue weighted by Crippen LogP contribution is -2.34. The van der Waals surface area contributed by atoms with E-state index in [1.165, 1.54) is 18.9 Å². The molecule has 0 saturated heterocycles. The Kier molecular flexibility index (Phi) is 5.76. The van der Waals surface area contributed by atoms with Crippen molar-refractivity contribution in [3.63, 3.8) is 0 Å². The summed E-state index contributed by atoms with van der Waals surface area (Å²) in [6.45, 7) is -1.45. The predicted octanol–water partition coefficient (Wildman–Crippen LogP) is 3.85. The minimum Gasteiger partial charge on any atom is -0.493 e. The minimum atomic E-state index is -4.53. The molecule has 0 atom stereocenters. The zero-order chi connectivity index (χ0) is 21.0. The third-order valence-corrected chi connectivity index (χ3v) is 4.09. The number of amides is 1. The zero-order valence-electron chi connectivity index (χ0n) is 15.7. The Balaban J connectivity index is 2.07. The molecule has 1 N–H and O–H groups in total. The van der Waals surface area contributed by atoms with Crippen LogP contribution in [0.15, 0.2) is 54.7 Å². The number of rotatable bonds is 6. The number of hydrogen-bond donors (Lipinski definition) is 1. The van der Waals surface area contributed by atoms with Crippen molar-refractivity contribution in [3.05, 3.63) is 60.4 Å². The number of para-hydroxylation sites is 1. The predicted molar refractivity (Wildman–Crippen MR) is 100 cm³/mol. The largest absolute Gasteiger partial charge is 0.493 e. The van der Waals surface area contributed by atoms with Crippen LogP contribution in [-0.2, 0) is 0 Å². The van der Waals surface area contributed by atoms with Crippen LogP contribution in [0.5, 0.6) is 11.5 Å². The molecule has 2 aromatic carbocycles. The third kappa shape index (κ3) is 4.68. The molecule has 1 amide bonds. The SMILES string of the molecule is COc1ccc(-c2cn(-c3ccccc3)nc2C(=O)NCC(F)(F)F)cc1OC. The van der Waals surface area contributed by atoms with Crippen molar-refractivity contribution >= 4 is 5.91 Å². The second-order valence-corrected chi connectivity index (χ2v) is 6.04. The molecule has 0 radical (unpaired) electrons. The van der Waals surface area contributed by atoms with Gasteiger partial charge in [0.15, 0.2) is 17.2 Å². The summed E-state index contributed by atoms with van der Waals surface area (Å²) in [6, 6.07) is 13.9. The van der Waals surface area contributed by atoms with E-state index in [0.29, 0.717) is 28.3 Å². The smallest absolute Gasteiger partial charge is 0.405 e. The van der Waals surface area contributed by atoms with Gasteiger partial charge in [-0.3, -0.25) is 4.79 Å². The summed E-state index contributed by atoms with van der Waals surface area (Å²) in [6.07, 6.45) is -2.94. The lowest BCUT2D eigenvalue weighted by atomic mass is 10.1. The Morgan fingerprint density at radius 2 is 1.76 bits per heavy atom. The second kappa shape index (κ2) is 8.26. The summed E-state index contributed by atoms with van der Waals surface area (Å²) in [7, 11) is 2.95. The van der Waals surface area contributed by atoms with Crippen LogP contribution in [0.2, 0.25) is 0 Å². The van der Waals surface area contributed by atoms with Crippen molar-refractivity contribution in [2.24, 2.45) is 0 Å². The van der Waals surface area contributed by atoms with E-state index in [4.69, 9.17) is 9.47 Å². The van der Waals surface area contributed by atoms with Gasteiger partial charge < -0.3 is 14.8 Å². The number of halogens is 3. The molecule has 0 fully saturated rings. The van der Waals surface area contributed by atoms with E-state index in [2.05, 4.69) is 5.10 Å². The molecule has 0 unspecified atom stereocenters. The van der Waals surface area contributed by atoms with Gasteiger partial charge in [-0.25, -0.2) is 4.68 Å². The van der Waals surface area contributed by atoms with E-state index in [9.17, 15) is 18.0 Å². The Morgan fingerprint density at radius 3 is 2.38 bits per heavy atom. The number of nitrogens with zero attached hydrogens (tertiary/aromatic N) is 2. The van der Waals surface area contributed by atoms with E-state index in [0.717, 1.165) is 0 Å². The first kappa shape index (κ1) is 20.2. The molecule has 152 valence electrons. The van der Waals surface area contributed by atoms with E-state index in [-0.39, 0.29) is 5.69 Å². The van der Waals surface area contributed by atoms with E-state index in [1.807, 2.05) is 11.4 Å². The molecule has 0 aliphatic carbocycles. The first-order valence-electron chi connectivity index (χ1n) is 8.55. The molecule has 0 aliphatic rings. The molecule has 3 aromatic rings. The highest BCUT2D eigenvalue weighted by Gasteiger charge is 2.29. The molecular weight excluding hydrogens is 387 g/mol. The van der Waals surface area contributed by atoms with Crippen molar-refractivity contribution in [1.82, 2.24) is 15.1 Å². The quantitative estimate of drug-likeness (QED) is 0.677. The van der Waals surface area contributed by atoms with Crippen LogP contribution in [0.25, 0.3) is 16.8 Å². The molecule has 0 spiro atoms. The summed E-state index contributed by atoms with van der Waals surface area (Å²) in [4.78, 5) is 12.5. The van der Waals surface area contributed by atoms with Gasteiger partial charge in [-0.15, -0.1) is 0 Å². The molecule has 9 heteroatoms. The summed E-state index contributed by atoms with van der Waals surface area (Å²) < 4.78 is 49.5. The monoisotopic (exact) mass is 405 g/mol. The molecule has 0 bridgehead atoms. The van der Waals surface area contributed by atoms with E-state index < -0.39 is 18.6 Å². The first-order chi connectivity index (χ1) is 13.8. The van der Waals surface area contributed by atoms with Crippen molar-refractivity contribution in [2.45, 2.75) is 6.18 Å². The van der Waals surface area contributed by atoms with Gasteiger partial charge in [-0.1, -0.05) is 24.3 Å². The Hall–Kier alpha value is -3.49. The van der Waals surface area contributed by atoms with Gasteiger partial charge in [0.2, 0.25) is 0 Å². The topological polar surface area (TPSA) is 65.4 Å². The highest BCUT2D eigenvalue weighted by Crippen LogP contribution is 2.34. The summed E-state index contributed by atoms with van der Waals surface area (Å²) in [5.41, 5.74) is 1.42. The fraction of sp³-hybridized carbons (Fsp3) is 0.200. The molecule has 0 saturated carbocycles. The fourth-order valence-corrected chi connectivity index (χ4v) is 2.73. The number of carbonyl (C=O) groups excluding carboxylic acids is 1. The fourth-order valence-electron chi connectivity index (χ4n) is 2.73. The molecule has 6 nitrogen and oxygen atoms in total. The van der Waals surface area contributed by atoms with Crippen LogP contribution in [-0.4, -0.2) is 42.6 Å². The molecule has 0 aliphatic heterocycles. The highest BCUT2D eigenvalue weighted by molar-refractivity contribution is 5.99. The molecule has 1 aromatic heterocycles. The Morgan fingerprint density at radius 1 is 1.07 bits per heavy atom. The van der Waals surface area contributed by atoms with Gasteiger partial charge in [0.05, 0.1) is 19.9 Å². The number of methoxy groups -OCH3 is 2. The molecule has 29 heavy (non-hydrogen) atoms. The van der Waals surface area contributed by atoms with Gasteiger partial charge in [0.1, 0.15) is 6.54 Å². The number of hydrogen-bond acceptors (Lipinski definition) is 4. The van der Waals surface area contributed by atoms with Crippen molar-refractivity contribution < 1.29 is 27.4 Å². The lowest BCUT2D eigenvalue weighted by molar-refractivity contribution is -0.123. The summed E-state index contributed by atoms with van der Waals surface area (Å²) in [5.74, 6) is -0.0318. The molecule has 1 heterocycles. The number of nitrogens with one attached hydrogen (secondary N) is 1. The van der Waals surface area contributed by atoms with Crippen molar-refractivity contribution in [3.8, 4) is 28.3 Å². The van der Waals surface area contributed by atoms with Crippen LogP contribution >= 0.6 is 0 Å². The van der Waals surface area contributed by atoms with Gasteiger partial charge in [0, 0.05) is 11.8 Å². The second-order valence-electron chi connectivity index (χ2n) is 6.04. The maximum Gasteiger partial charge on any atom is 0.405 e.